The van der Waals surface area contributed by atoms with Crippen LogP contribution in [0.1, 0.15) is 77.6 Å². The van der Waals surface area contributed by atoms with Gasteiger partial charge in [-0.15, -0.1) is 0 Å². The molecule has 0 radical (unpaired) electrons. The van der Waals surface area contributed by atoms with Gasteiger partial charge in [0.15, 0.2) is 0 Å². The molecule has 3 aromatic rings. The van der Waals surface area contributed by atoms with Gasteiger partial charge in [0.05, 0.1) is 28.0 Å². The molecular weight excluding hydrogens is 539 g/mol. The first-order valence-corrected chi connectivity index (χ1v) is 14.2. The molecule has 0 atom stereocenters. The molecule has 5 rings (SSSR count). The van der Waals surface area contributed by atoms with Crippen LogP contribution in [0.15, 0.2) is 72.8 Å². The number of alkyl halides is 3. The van der Waals surface area contributed by atoms with Gasteiger partial charge in [-0.3, -0.25) is 0 Å². The lowest BCUT2D eigenvalue weighted by molar-refractivity contribution is -0.137. The average molecular weight is 576 g/mol. The van der Waals surface area contributed by atoms with Crippen molar-refractivity contribution in [2.24, 2.45) is 0 Å². The van der Waals surface area contributed by atoms with Crippen LogP contribution in [0.2, 0.25) is 0 Å². The summed E-state index contributed by atoms with van der Waals surface area (Å²) in [6.45, 7) is 16.1. The zero-order valence-electron chi connectivity index (χ0n) is 25.4. The van der Waals surface area contributed by atoms with Crippen LogP contribution >= 0.6 is 0 Å². The van der Waals surface area contributed by atoms with E-state index in [4.69, 9.17) is 18.6 Å². The van der Waals surface area contributed by atoms with Gasteiger partial charge in [0.1, 0.15) is 0 Å². The molecule has 0 saturated carbocycles. The van der Waals surface area contributed by atoms with Gasteiger partial charge in [-0.05, 0) is 107 Å². The highest BCUT2D eigenvalue weighted by Gasteiger charge is 2.52. The van der Waals surface area contributed by atoms with Crippen molar-refractivity contribution in [1.29, 1.82) is 0 Å². The summed E-state index contributed by atoms with van der Waals surface area (Å²) >= 11 is 0. The van der Waals surface area contributed by atoms with Crippen LogP contribution in [-0.4, -0.2) is 36.6 Å². The summed E-state index contributed by atoms with van der Waals surface area (Å²) in [5.41, 5.74) is 2.45. The van der Waals surface area contributed by atoms with Crippen molar-refractivity contribution in [1.82, 2.24) is 0 Å². The minimum absolute atomic E-state index is 0.446. The second-order valence-corrected chi connectivity index (χ2v) is 13.1. The Morgan fingerprint density at radius 1 is 0.548 bits per heavy atom. The predicted molar refractivity (Wildman–Crippen MR) is 163 cm³/mol. The van der Waals surface area contributed by atoms with Crippen LogP contribution in [0.5, 0.6) is 0 Å². The maximum atomic E-state index is 13.3. The summed E-state index contributed by atoms with van der Waals surface area (Å²) in [6.07, 6.45) is -2.43. The van der Waals surface area contributed by atoms with Gasteiger partial charge in [0.2, 0.25) is 0 Å². The van der Waals surface area contributed by atoms with Crippen LogP contribution < -0.4 is 10.9 Å². The summed E-state index contributed by atoms with van der Waals surface area (Å²) in [7, 11) is -0.991. The minimum atomic E-state index is -4.41. The van der Waals surface area contributed by atoms with Gasteiger partial charge in [-0.25, -0.2) is 0 Å². The van der Waals surface area contributed by atoms with Crippen molar-refractivity contribution >= 4 is 36.8 Å². The van der Waals surface area contributed by atoms with Crippen molar-refractivity contribution in [3.05, 3.63) is 95.1 Å². The first kappa shape index (κ1) is 30.6. The fraction of sp³-hybridized carbons (Fsp3) is 0.394. The van der Waals surface area contributed by atoms with E-state index in [1.54, 1.807) is 0 Å². The van der Waals surface area contributed by atoms with E-state index in [-0.39, 0.29) is 0 Å². The lowest BCUT2D eigenvalue weighted by atomic mass is 9.78. The average Bonchev–Trinajstić information content (AvgIpc) is 3.26. The Morgan fingerprint density at radius 2 is 0.881 bits per heavy atom. The standard InChI is InChI=1S/C33H37B2F3O4/c1-29(2)30(3,4)40-34(39-29)26-17-9-22(10-18-26)21-28(23-11-15-25(16-12-23)33(36,37)38)24-13-19-27(20-14-24)35-41-31(5,6)32(7,8)42-35/h9-21H,1-8H3. The largest absolute Gasteiger partial charge is 0.494 e. The van der Waals surface area contributed by atoms with Crippen molar-refractivity contribution in [2.75, 3.05) is 0 Å². The lowest BCUT2D eigenvalue weighted by Gasteiger charge is -2.32. The zero-order valence-corrected chi connectivity index (χ0v) is 25.4. The van der Waals surface area contributed by atoms with Crippen molar-refractivity contribution in [3.63, 3.8) is 0 Å². The van der Waals surface area contributed by atoms with Crippen LogP contribution in [0.4, 0.5) is 13.2 Å². The molecule has 0 aliphatic carbocycles. The molecule has 0 unspecified atom stereocenters. The van der Waals surface area contributed by atoms with E-state index in [1.165, 1.54) is 12.1 Å². The zero-order chi connectivity index (χ0) is 30.7. The Bertz CT molecular complexity index is 1430. The van der Waals surface area contributed by atoms with E-state index in [2.05, 4.69) is 0 Å². The van der Waals surface area contributed by atoms with Gasteiger partial charge in [0, 0.05) is 0 Å². The van der Waals surface area contributed by atoms with Crippen LogP contribution in [-0.2, 0) is 24.8 Å². The van der Waals surface area contributed by atoms with Gasteiger partial charge in [-0.2, -0.15) is 13.2 Å². The minimum Gasteiger partial charge on any atom is -0.399 e. The third kappa shape index (κ3) is 5.85. The third-order valence-corrected chi connectivity index (χ3v) is 9.04. The predicted octanol–water partition coefficient (Wildman–Crippen LogP) is 6.89. The fourth-order valence-corrected chi connectivity index (χ4v) is 4.87. The third-order valence-electron chi connectivity index (χ3n) is 9.04. The molecule has 0 N–H and O–H groups in total. The topological polar surface area (TPSA) is 36.9 Å². The van der Waals surface area contributed by atoms with Crippen LogP contribution in [0.25, 0.3) is 11.6 Å². The molecule has 42 heavy (non-hydrogen) atoms. The van der Waals surface area contributed by atoms with E-state index >= 15 is 0 Å². The molecule has 2 fully saturated rings. The SMILES string of the molecule is CC1(C)OB(c2ccc(C=C(c3ccc(B4OC(C)(C)C(C)(C)O4)cc3)c3ccc(C(F)(F)F)cc3)cc2)OC1(C)C. The Kier molecular flexibility index (Phi) is 7.58. The van der Waals surface area contributed by atoms with E-state index in [0.717, 1.165) is 39.8 Å². The van der Waals surface area contributed by atoms with Gasteiger partial charge in [0.25, 0.3) is 0 Å². The smallest absolute Gasteiger partial charge is 0.399 e. The van der Waals surface area contributed by atoms with Crippen LogP contribution in [0, 0.1) is 0 Å². The summed E-state index contributed by atoms with van der Waals surface area (Å²) in [6, 6.07) is 20.9. The summed E-state index contributed by atoms with van der Waals surface area (Å²) < 4.78 is 64.6. The molecule has 2 aliphatic heterocycles. The van der Waals surface area contributed by atoms with E-state index in [9.17, 15) is 13.2 Å². The molecule has 2 aliphatic rings. The second-order valence-electron chi connectivity index (χ2n) is 13.1. The van der Waals surface area contributed by atoms with Gasteiger partial charge < -0.3 is 18.6 Å². The summed E-state index contributed by atoms with van der Waals surface area (Å²) in [5.74, 6) is 0. The highest BCUT2D eigenvalue weighted by Crippen LogP contribution is 2.38. The molecular formula is C33H37B2F3O4. The highest BCUT2D eigenvalue weighted by molar-refractivity contribution is 6.62. The molecule has 0 spiro atoms. The molecule has 0 amide bonds. The number of hydrogen-bond donors (Lipinski definition) is 0. The molecule has 2 heterocycles. The Morgan fingerprint density at radius 3 is 1.24 bits per heavy atom. The second kappa shape index (κ2) is 10.4. The molecule has 3 aromatic carbocycles. The Labute approximate surface area is 247 Å². The number of hydrogen-bond acceptors (Lipinski definition) is 4. The fourth-order valence-electron chi connectivity index (χ4n) is 4.87. The Hall–Kier alpha value is -2.84. The molecule has 0 aromatic heterocycles. The Balaban J connectivity index is 1.47. The highest BCUT2D eigenvalue weighted by atomic mass is 19.4. The quantitative estimate of drug-likeness (QED) is 0.245. The van der Waals surface area contributed by atoms with E-state index < -0.39 is 48.4 Å². The lowest BCUT2D eigenvalue weighted by Crippen LogP contribution is -2.41. The number of benzene rings is 3. The number of rotatable bonds is 5. The molecule has 0 bridgehead atoms. The summed E-state index contributed by atoms with van der Waals surface area (Å²) in [5, 5.41) is 0. The molecule has 2 saturated heterocycles. The van der Waals surface area contributed by atoms with Gasteiger partial charge in [-0.1, -0.05) is 60.7 Å². The van der Waals surface area contributed by atoms with Gasteiger partial charge >= 0.3 is 20.4 Å². The molecule has 4 nitrogen and oxygen atoms in total. The maximum absolute atomic E-state index is 13.3. The molecule has 9 heteroatoms. The molecule has 220 valence electrons. The van der Waals surface area contributed by atoms with Crippen molar-refractivity contribution in [2.45, 2.75) is 84.0 Å². The van der Waals surface area contributed by atoms with E-state index in [0.29, 0.717) is 5.56 Å². The first-order chi connectivity index (χ1) is 19.4. The van der Waals surface area contributed by atoms with E-state index in [1.807, 2.05) is 110 Å². The van der Waals surface area contributed by atoms with Crippen LogP contribution in [0.3, 0.4) is 0 Å². The maximum Gasteiger partial charge on any atom is 0.494 e. The summed E-state index contributed by atoms with van der Waals surface area (Å²) in [4.78, 5) is 0. The monoisotopic (exact) mass is 576 g/mol. The van der Waals surface area contributed by atoms with Crippen molar-refractivity contribution < 1.29 is 31.8 Å². The normalized spacial score (nSPS) is 21.2. The first-order valence-electron chi connectivity index (χ1n) is 14.2. The van der Waals surface area contributed by atoms with Crippen molar-refractivity contribution in [3.8, 4) is 0 Å². The number of halogens is 3.